The van der Waals surface area contributed by atoms with Gasteiger partial charge in [-0.25, -0.2) is 4.68 Å². The lowest BCUT2D eigenvalue weighted by Crippen LogP contribution is -1.92. The molecule has 0 spiro atoms. The summed E-state index contributed by atoms with van der Waals surface area (Å²) in [5.74, 6) is 0. The minimum atomic E-state index is -0.474. The normalized spacial score (nSPS) is 10.5. The van der Waals surface area contributed by atoms with Crippen LogP contribution in [0.4, 0.5) is 5.69 Å². The van der Waals surface area contributed by atoms with Crippen LogP contribution in [0.25, 0.3) is 16.9 Å². The first kappa shape index (κ1) is 11.1. The molecule has 0 atom stereocenters. The van der Waals surface area contributed by atoms with Crippen LogP contribution in [0.1, 0.15) is 0 Å². The van der Waals surface area contributed by atoms with Gasteiger partial charge in [-0.2, -0.15) is 10.2 Å². The topological polar surface area (TPSA) is 89.6 Å². The fourth-order valence-electron chi connectivity index (χ4n) is 1.80. The first-order chi connectivity index (χ1) is 9.25. The molecule has 1 aromatic carbocycles. The second-order valence-electron chi connectivity index (χ2n) is 3.90. The van der Waals surface area contributed by atoms with Crippen LogP contribution in [0.3, 0.4) is 0 Å². The van der Waals surface area contributed by atoms with Crippen LogP contribution in [0.15, 0.2) is 48.9 Å². The Morgan fingerprint density at radius 2 is 2.00 bits per heavy atom. The molecule has 3 aromatic rings. The third-order valence-corrected chi connectivity index (χ3v) is 2.71. The van der Waals surface area contributed by atoms with Gasteiger partial charge in [-0.3, -0.25) is 15.2 Å². The van der Waals surface area contributed by atoms with Crippen molar-refractivity contribution in [2.75, 3.05) is 0 Å². The van der Waals surface area contributed by atoms with Crippen molar-refractivity contribution >= 4 is 5.69 Å². The summed E-state index contributed by atoms with van der Waals surface area (Å²) in [5, 5.41) is 21.4. The maximum Gasteiger partial charge on any atom is 0.314 e. The van der Waals surface area contributed by atoms with Gasteiger partial charge in [0.15, 0.2) is 0 Å². The van der Waals surface area contributed by atoms with Gasteiger partial charge in [0.1, 0.15) is 11.9 Å². The molecule has 2 aromatic heterocycles. The van der Waals surface area contributed by atoms with Gasteiger partial charge in [-0.05, 0) is 12.1 Å². The molecule has 0 amide bonds. The highest BCUT2D eigenvalue weighted by molar-refractivity contribution is 5.67. The van der Waals surface area contributed by atoms with Gasteiger partial charge in [0, 0.05) is 11.8 Å². The Morgan fingerprint density at radius 1 is 1.21 bits per heavy atom. The van der Waals surface area contributed by atoms with Crippen LogP contribution in [0.2, 0.25) is 0 Å². The first-order valence-corrected chi connectivity index (χ1v) is 5.54. The molecule has 7 heteroatoms. The zero-order chi connectivity index (χ0) is 13.2. The van der Waals surface area contributed by atoms with Crippen molar-refractivity contribution in [3.63, 3.8) is 0 Å². The highest BCUT2D eigenvalue weighted by Crippen LogP contribution is 2.26. The Morgan fingerprint density at radius 3 is 2.74 bits per heavy atom. The lowest BCUT2D eigenvalue weighted by Gasteiger charge is -1.98. The molecular formula is C12H9N5O2. The number of nitro groups is 1. The predicted octanol–water partition coefficient (Wildman–Crippen LogP) is 2.17. The van der Waals surface area contributed by atoms with Crippen molar-refractivity contribution in [3.8, 4) is 16.9 Å². The molecule has 0 radical (unpaired) electrons. The van der Waals surface area contributed by atoms with Gasteiger partial charge in [0.25, 0.3) is 0 Å². The Kier molecular flexibility index (Phi) is 2.57. The quantitative estimate of drug-likeness (QED) is 0.573. The number of H-pyrrole nitrogens is 1. The molecule has 0 saturated carbocycles. The number of hydrogen-bond acceptors (Lipinski definition) is 4. The number of hydrogen-bond donors (Lipinski definition) is 1. The molecule has 1 N–H and O–H groups in total. The second kappa shape index (κ2) is 4.37. The van der Waals surface area contributed by atoms with Crippen LogP contribution in [0.5, 0.6) is 0 Å². The van der Waals surface area contributed by atoms with E-state index in [0.717, 1.165) is 5.69 Å². The average Bonchev–Trinajstić information content (AvgIpc) is 3.08. The van der Waals surface area contributed by atoms with Crippen molar-refractivity contribution in [3.05, 3.63) is 59.0 Å². The third-order valence-electron chi connectivity index (χ3n) is 2.71. The van der Waals surface area contributed by atoms with E-state index in [0.29, 0.717) is 11.3 Å². The highest BCUT2D eigenvalue weighted by Gasteiger charge is 2.19. The van der Waals surface area contributed by atoms with Crippen LogP contribution < -0.4 is 0 Å². The molecule has 0 saturated heterocycles. The summed E-state index contributed by atoms with van der Waals surface area (Å²) >= 11 is 0. The van der Waals surface area contributed by atoms with E-state index in [1.165, 1.54) is 6.20 Å². The molecule has 0 aliphatic heterocycles. The van der Waals surface area contributed by atoms with Crippen LogP contribution in [0, 0.1) is 10.1 Å². The molecule has 7 nitrogen and oxygen atoms in total. The van der Waals surface area contributed by atoms with Crippen LogP contribution in [-0.2, 0) is 0 Å². The number of aromatic amines is 1. The number of rotatable bonds is 3. The number of nitrogens with one attached hydrogen (secondary N) is 1. The minimum absolute atomic E-state index is 0.0624. The average molecular weight is 255 g/mol. The summed E-state index contributed by atoms with van der Waals surface area (Å²) in [4.78, 5) is 10.4. The fourth-order valence-corrected chi connectivity index (χ4v) is 1.80. The molecule has 0 bridgehead atoms. The summed E-state index contributed by atoms with van der Waals surface area (Å²) < 4.78 is 1.65. The molecule has 0 fully saturated rings. The van der Waals surface area contributed by atoms with Crippen molar-refractivity contribution in [1.29, 1.82) is 0 Å². The number of benzene rings is 1. The van der Waals surface area contributed by atoms with Crippen molar-refractivity contribution in [2.45, 2.75) is 0 Å². The highest BCUT2D eigenvalue weighted by atomic mass is 16.6. The number of para-hydroxylation sites is 1. The van der Waals surface area contributed by atoms with E-state index in [1.54, 1.807) is 17.1 Å². The summed E-state index contributed by atoms with van der Waals surface area (Å²) in [7, 11) is 0. The zero-order valence-electron chi connectivity index (χ0n) is 9.72. The lowest BCUT2D eigenvalue weighted by molar-refractivity contribution is -0.384. The lowest BCUT2D eigenvalue weighted by atomic mass is 10.2. The molecule has 19 heavy (non-hydrogen) atoms. The molecule has 0 aliphatic carbocycles. The molecule has 94 valence electrons. The molecule has 0 aliphatic rings. The Hall–Kier alpha value is -2.96. The monoisotopic (exact) mass is 255 g/mol. The molecular weight excluding hydrogens is 246 g/mol. The number of aromatic nitrogens is 4. The number of nitrogens with zero attached hydrogens (tertiary/aromatic N) is 4. The molecule has 3 rings (SSSR count). The maximum atomic E-state index is 10.9. The van der Waals surface area contributed by atoms with E-state index in [2.05, 4.69) is 15.3 Å². The van der Waals surface area contributed by atoms with Crippen LogP contribution >= 0.6 is 0 Å². The van der Waals surface area contributed by atoms with Gasteiger partial charge in [0.2, 0.25) is 0 Å². The van der Waals surface area contributed by atoms with Crippen molar-refractivity contribution in [1.82, 2.24) is 20.0 Å². The molecule has 2 heterocycles. The Labute approximate surface area is 107 Å². The van der Waals surface area contributed by atoms with Gasteiger partial charge >= 0.3 is 5.69 Å². The fraction of sp³-hybridized carbons (Fsp3) is 0. The predicted molar refractivity (Wildman–Crippen MR) is 67.8 cm³/mol. The SMILES string of the molecule is O=[N+]([O-])c1cn[nH]c1-c1cnn(-c2ccccc2)c1. The van der Waals surface area contributed by atoms with E-state index in [1.807, 2.05) is 30.3 Å². The van der Waals surface area contributed by atoms with Crippen molar-refractivity contribution in [2.24, 2.45) is 0 Å². The van der Waals surface area contributed by atoms with Gasteiger partial charge in [-0.15, -0.1) is 0 Å². The van der Waals surface area contributed by atoms with Crippen LogP contribution in [-0.4, -0.2) is 24.9 Å². The van der Waals surface area contributed by atoms with Gasteiger partial charge in [-0.1, -0.05) is 18.2 Å². The summed E-state index contributed by atoms with van der Waals surface area (Å²) in [6.07, 6.45) is 4.47. The van der Waals surface area contributed by atoms with E-state index in [9.17, 15) is 10.1 Å². The zero-order valence-corrected chi connectivity index (χ0v) is 9.72. The van der Waals surface area contributed by atoms with Gasteiger partial charge in [0.05, 0.1) is 16.8 Å². The van der Waals surface area contributed by atoms with Crippen molar-refractivity contribution < 1.29 is 4.92 Å². The summed E-state index contributed by atoms with van der Waals surface area (Å²) in [6.45, 7) is 0. The van der Waals surface area contributed by atoms with E-state index in [-0.39, 0.29) is 5.69 Å². The smallest absolute Gasteiger partial charge is 0.271 e. The van der Waals surface area contributed by atoms with E-state index < -0.39 is 4.92 Å². The summed E-state index contributed by atoms with van der Waals surface area (Å²) in [5.41, 5.74) is 1.80. The minimum Gasteiger partial charge on any atom is -0.271 e. The molecule has 0 unspecified atom stereocenters. The Bertz CT molecular complexity index is 717. The van der Waals surface area contributed by atoms with E-state index >= 15 is 0 Å². The summed E-state index contributed by atoms with van der Waals surface area (Å²) in [6, 6.07) is 9.51. The third kappa shape index (κ3) is 1.97. The Balaban J connectivity index is 2.02. The second-order valence-corrected chi connectivity index (χ2v) is 3.90. The maximum absolute atomic E-state index is 10.9. The first-order valence-electron chi connectivity index (χ1n) is 5.54. The van der Waals surface area contributed by atoms with Gasteiger partial charge < -0.3 is 0 Å². The van der Waals surface area contributed by atoms with E-state index in [4.69, 9.17) is 0 Å². The largest absolute Gasteiger partial charge is 0.314 e. The standard InChI is InChI=1S/C12H9N5O2/c18-17(19)11-7-13-15-12(11)9-6-14-16(8-9)10-4-2-1-3-5-10/h1-8H,(H,13,15).